The Morgan fingerprint density at radius 1 is 1.33 bits per heavy atom. The molecule has 0 bridgehead atoms. The molecule has 2 unspecified atom stereocenters. The molecular weight excluding hydrogens is 266 g/mol. The van der Waals surface area contributed by atoms with E-state index in [0.717, 1.165) is 30.4 Å². The van der Waals surface area contributed by atoms with Crippen LogP contribution in [0.3, 0.4) is 0 Å². The van der Waals surface area contributed by atoms with Gasteiger partial charge in [0.15, 0.2) is 0 Å². The van der Waals surface area contributed by atoms with Crippen molar-refractivity contribution in [3.63, 3.8) is 0 Å². The first-order chi connectivity index (χ1) is 9.95. The summed E-state index contributed by atoms with van der Waals surface area (Å²) in [5, 5.41) is 12.4. The molecule has 1 aromatic carbocycles. The van der Waals surface area contributed by atoms with E-state index in [0.29, 0.717) is 6.42 Å². The molecule has 1 aromatic rings. The van der Waals surface area contributed by atoms with Crippen LogP contribution in [0.25, 0.3) is 0 Å². The Bertz CT molecular complexity index is 541. The lowest BCUT2D eigenvalue weighted by atomic mass is 9.73. The van der Waals surface area contributed by atoms with Crippen molar-refractivity contribution in [3.8, 4) is 0 Å². The number of aryl methyl sites for hydroxylation is 1. The number of rotatable bonds is 4. The number of carbonyl (C=O) groups is 2. The zero-order valence-electron chi connectivity index (χ0n) is 12.7. The van der Waals surface area contributed by atoms with Crippen molar-refractivity contribution >= 4 is 11.9 Å². The molecule has 0 spiro atoms. The molecule has 0 heterocycles. The molecule has 114 valence electrons. The highest BCUT2D eigenvalue weighted by atomic mass is 16.4. The average Bonchev–Trinajstić information content (AvgIpc) is 2.44. The van der Waals surface area contributed by atoms with E-state index < -0.39 is 11.5 Å². The van der Waals surface area contributed by atoms with E-state index in [2.05, 4.69) is 5.32 Å². The Hall–Kier alpha value is -1.84. The first-order valence-corrected chi connectivity index (χ1v) is 7.54. The third-order valence-electron chi connectivity index (χ3n) is 4.66. The maximum absolute atomic E-state index is 12.3. The smallest absolute Gasteiger partial charge is 0.329 e. The molecule has 0 radical (unpaired) electrons. The molecule has 1 fully saturated rings. The number of benzene rings is 1. The lowest BCUT2D eigenvalue weighted by Gasteiger charge is -2.39. The lowest BCUT2D eigenvalue weighted by Crippen LogP contribution is -2.60. The molecule has 0 aliphatic heterocycles. The first-order valence-electron chi connectivity index (χ1n) is 7.54. The molecule has 2 rings (SSSR count). The standard InChI is InChI=1S/C17H23NO3/c1-12-7-3-4-9-14(12)11-15(19)18-17(16(20)21)10-6-5-8-13(17)2/h3-4,7,9,13H,5-6,8,10-11H2,1-2H3,(H,18,19)(H,20,21). The van der Waals surface area contributed by atoms with E-state index in [1.54, 1.807) is 0 Å². The Labute approximate surface area is 125 Å². The average molecular weight is 289 g/mol. The summed E-state index contributed by atoms with van der Waals surface area (Å²) in [6.07, 6.45) is 3.47. The van der Waals surface area contributed by atoms with E-state index in [4.69, 9.17) is 0 Å². The third-order valence-corrected chi connectivity index (χ3v) is 4.66. The van der Waals surface area contributed by atoms with Gasteiger partial charge in [-0.1, -0.05) is 44.0 Å². The molecule has 4 nitrogen and oxygen atoms in total. The second-order valence-electron chi connectivity index (χ2n) is 6.07. The Balaban J connectivity index is 2.12. The summed E-state index contributed by atoms with van der Waals surface area (Å²) >= 11 is 0. The van der Waals surface area contributed by atoms with E-state index in [-0.39, 0.29) is 18.2 Å². The number of carboxylic acids is 1. The molecular formula is C17H23NO3. The monoisotopic (exact) mass is 289 g/mol. The summed E-state index contributed by atoms with van der Waals surface area (Å²) in [7, 11) is 0. The third kappa shape index (κ3) is 3.26. The summed E-state index contributed by atoms with van der Waals surface area (Å²) in [4.78, 5) is 24.0. The molecule has 0 aromatic heterocycles. The second kappa shape index (κ2) is 6.29. The molecule has 1 amide bonds. The van der Waals surface area contributed by atoms with Crippen LogP contribution in [0.4, 0.5) is 0 Å². The van der Waals surface area contributed by atoms with Gasteiger partial charge >= 0.3 is 5.97 Å². The predicted molar refractivity (Wildman–Crippen MR) is 81.0 cm³/mol. The molecule has 1 aliphatic carbocycles. The normalized spacial score (nSPS) is 25.3. The molecule has 4 heteroatoms. The summed E-state index contributed by atoms with van der Waals surface area (Å²) < 4.78 is 0. The summed E-state index contributed by atoms with van der Waals surface area (Å²) in [5.74, 6) is -1.15. The summed E-state index contributed by atoms with van der Waals surface area (Å²) in [5.41, 5.74) is 0.894. The zero-order chi connectivity index (χ0) is 15.5. The number of hydrogen-bond donors (Lipinski definition) is 2. The minimum absolute atomic E-state index is 0.0374. The van der Waals surface area contributed by atoms with Crippen LogP contribution < -0.4 is 5.32 Å². The number of nitrogens with one attached hydrogen (secondary N) is 1. The van der Waals surface area contributed by atoms with Gasteiger partial charge in [-0.15, -0.1) is 0 Å². The summed E-state index contributed by atoms with van der Waals surface area (Å²) in [6.45, 7) is 3.88. The van der Waals surface area contributed by atoms with Crippen LogP contribution >= 0.6 is 0 Å². The topological polar surface area (TPSA) is 66.4 Å². The van der Waals surface area contributed by atoms with Crippen LogP contribution in [0.1, 0.15) is 43.7 Å². The van der Waals surface area contributed by atoms with E-state index in [1.807, 2.05) is 38.1 Å². The van der Waals surface area contributed by atoms with Crippen LogP contribution in [0.15, 0.2) is 24.3 Å². The Morgan fingerprint density at radius 2 is 2.05 bits per heavy atom. The number of carboxylic acid groups (broad SMARTS) is 1. The maximum Gasteiger partial charge on any atom is 0.329 e. The van der Waals surface area contributed by atoms with Crippen LogP contribution in [0, 0.1) is 12.8 Å². The van der Waals surface area contributed by atoms with E-state index >= 15 is 0 Å². The van der Waals surface area contributed by atoms with Gasteiger partial charge in [-0.2, -0.15) is 0 Å². The highest BCUT2D eigenvalue weighted by molar-refractivity contribution is 5.88. The molecule has 2 N–H and O–H groups in total. The van der Waals surface area contributed by atoms with Gasteiger partial charge < -0.3 is 10.4 Å². The molecule has 21 heavy (non-hydrogen) atoms. The van der Waals surface area contributed by atoms with Gasteiger partial charge in [0.2, 0.25) is 5.91 Å². The Morgan fingerprint density at radius 3 is 2.67 bits per heavy atom. The van der Waals surface area contributed by atoms with Gasteiger partial charge in [0.1, 0.15) is 5.54 Å². The SMILES string of the molecule is Cc1ccccc1CC(=O)NC1(C(=O)O)CCCCC1C. The van der Waals surface area contributed by atoms with Crippen LogP contribution in [0.2, 0.25) is 0 Å². The van der Waals surface area contributed by atoms with Crippen LogP contribution in [0.5, 0.6) is 0 Å². The van der Waals surface area contributed by atoms with Gasteiger partial charge in [-0.25, -0.2) is 4.79 Å². The molecule has 2 atom stereocenters. The fraction of sp³-hybridized carbons (Fsp3) is 0.529. The van der Waals surface area contributed by atoms with Crippen molar-refractivity contribution < 1.29 is 14.7 Å². The molecule has 1 aliphatic rings. The van der Waals surface area contributed by atoms with Crippen molar-refractivity contribution in [3.05, 3.63) is 35.4 Å². The number of hydrogen-bond acceptors (Lipinski definition) is 2. The molecule has 0 saturated heterocycles. The second-order valence-corrected chi connectivity index (χ2v) is 6.07. The number of aliphatic carboxylic acids is 1. The lowest BCUT2D eigenvalue weighted by molar-refractivity contribution is -0.151. The van der Waals surface area contributed by atoms with Gasteiger partial charge in [0.05, 0.1) is 6.42 Å². The quantitative estimate of drug-likeness (QED) is 0.895. The minimum atomic E-state index is -1.10. The van der Waals surface area contributed by atoms with Gasteiger partial charge in [0.25, 0.3) is 0 Å². The van der Waals surface area contributed by atoms with Gasteiger partial charge in [0, 0.05) is 0 Å². The molecule has 1 saturated carbocycles. The van der Waals surface area contributed by atoms with Gasteiger partial charge in [-0.3, -0.25) is 4.79 Å². The highest BCUT2D eigenvalue weighted by Gasteiger charge is 2.46. The van der Waals surface area contributed by atoms with Crippen molar-refractivity contribution in [2.24, 2.45) is 5.92 Å². The van der Waals surface area contributed by atoms with Gasteiger partial charge in [-0.05, 0) is 36.8 Å². The fourth-order valence-electron chi connectivity index (χ4n) is 3.18. The first kappa shape index (κ1) is 15.5. The number of amides is 1. The van der Waals surface area contributed by atoms with Crippen molar-refractivity contribution in [1.82, 2.24) is 5.32 Å². The minimum Gasteiger partial charge on any atom is -0.479 e. The summed E-state index contributed by atoms with van der Waals surface area (Å²) in [6, 6.07) is 7.69. The zero-order valence-corrected chi connectivity index (χ0v) is 12.7. The predicted octanol–water partition coefficient (Wildman–Crippen LogP) is 2.69. The van der Waals surface area contributed by atoms with Crippen LogP contribution in [-0.2, 0) is 16.0 Å². The number of carbonyl (C=O) groups excluding carboxylic acids is 1. The van der Waals surface area contributed by atoms with E-state index in [1.165, 1.54) is 0 Å². The van der Waals surface area contributed by atoms with Crippen LogP contribution in [-0.4, -0.2) is 22.5 Å². The largest absolute Gasteiger partial charge is 0.479 e. The van der Waals surface area contributed by atoms with Crippen molar-refractivity contribution in [2.75, 3.05) is 0 Å². The highest BCUT2D eigenvalue weighted by Crippen LogP contribution is 2.34. The maximum atomic E-state index is 12.3. The van der Waals surface area contributed by atoms with E-state index in [9.17, 15) is 14.7 Å². The van der Waals surface area contributed by atoms with Crippen molar-refractivity contribution in [1.29, 1.82) is 0 Å². The van der Waals surface area contributed by atoms with Crippen molar-refractivity contribution in [2.45, 2.75) is 51.5 Å². The Kier molecular flexibility index (Phi) is 4.66. The fourth-order valence-corrected chi connectivity index (χ4v) is 3.18.